The number of hydrogen-bond acceptors (Lipinski definition) is 5. The van der Waals surface area contributed by atoms with Crippen molar-refractivity contribution >= 4 is 15.7 Å². The number of ether oxygens (including phenoxy) is 1. The zero-order valence-corrected chi connectivity index (χ0v) is 13.9. The molecule has 2 aliphatic rings. The quantitative estimate of drug-likeness (QED) is 0.887. The molecule has 0 bridgehead atoms. The zero-order valence-electron chi connectivity index (χ0n) is 13.1. The highest BCUT2D eigenvalue weighted by molar-refractivity contribution is 7.93. The van der Waals surface area contributed by atoms with E-state index in [-0.39, 0.29) is 36.4 Å². The van der Waals surface area contributed by atoms with E-state index in [1.165, 1.54) is 17.0 Å². The molecule has 1 amide bonds. The summed E-state index contributed by atoms with van der Waals surface area (Å²) >= 11 is 0. The van der Waals surface area contributed by atoms with Gasteiger partial charge in [0.2, 0.25) is 0 Å². The molecule has 0 aliphatic carbocycles. The van der Waals surface area contributed by atoms with Crippen molar-refractivity contribution in [3.8, 4) is 5.75 Å². The van der Waals surface area contributed by atoms with Gasteiger partial charge in [0.1, 0.15) is 10.5 Å². The molecule has 1 aromatic carbocycles. The Bertz CT molecular complexity index is 709. The first-order chi connectivity index (χ1) is 10.9. The Morgan fingerprint density at radius 3 is 2.83 bits per heavy atom. The predicted molar refractivity (Wildman–Crippen MR) is 85.1 cm³/mol. The summed E-state index contributed by atoms with van der Waals surface area (Å²) in [5.74, 6) is -0.114. The summed E-state index contributed by atoms with van der Waals surface area (Å²) in [7, 11) is -3.21. The van der Waals surface area contributed by atoms with Crippen molar-refractivity contribution in [1.82, 2.24) is 4.90 Å². The van der Waals surface area contributed by atoms with Crippen LogP contribution in [0.15, 0.2) is 24.3 Å². The second kappa shape index (κ2) is 5.79. The van der Waals surface area contributed by atoms with Gasteiger partial charge < -0.3 is 14.7 Å². The number of sulfone groups is 1. The number of likely N-dealkylation sites (tertiary alicyclic amines) is 1. The van der Waals surface area contributed by atoms with Crippen molar-refractivity contribution in [3.05, 3.63) is 29.8 Å². The summed E-state index contributed by atoms with van der Waals surface area (Å²) < 4.78 is 29.5. The number of carbonyl (C=O) groups is 1. The van der Waals surface area contributed by atoms with Gasteiger partial charge >= 0.3 is 0 Å². The van der Waals surface area contributed by atoms with E-state index in [9.17, 15) is 18.3 Å². The van der Waals surface area contributed by atoms with Gasteiger partial charge in [0.25, 0.3) is 5.91 Å². The highest BCUT2D eigenvalue weighted by Crippen LogP contribution is 2.45. The number of rotatable bonds is 4. The van der Waals surface area contributed by atoms with Crippen molar-refractivity contribution in [3.63, 3.8) is 0 Å². The van der Waals surface area contributed by atoms with Crippen LogP contribution in [-0.4, -0.2) is 61.1 Å². The molecule has 1 N–H and O–H groups in total. The topological polar surface area (TPSA) is 83.9 Å². The lowest BCUT2D eigenvalue weighted by atomic mass is 9.83. The first-order valence-corrected chi connectivity index (χ1v) is 9.43. The average molecular weight is 339 g/mol. The number of phenolic OH excluding ortho intramolecular Hbond substituents is 1. The van der Waals surface area contributed by atoms with E-state index in [1.54, 1.807) is 12.1 Å². The lowest BCUT2D eigenvalue weighted by Gasteiger charge is -2.49. The van der Waals surface area contributed by atoms with Gasteiger partial charge in [-0.2, -0.15) is 0 Å². The monoisotopic (exact) mass is 339 g/mol. The van der Waals surface area contributed by atoms with Crippen LogP contribution < -0.4 is 0 Å². The Balaban J connectivity index is 1.76. The molecule has 0 unspecified atom stereocenters. The fourth-order valence-corrected chi connectivity index (χ4v) is 5.93. The molecule has 1 spiro atoms. The van der Waals surface area contributed by atoms with Crippen LogP contribution in [0.1, 0.15) is 23.7 Å². The van der Waals surface area contributed by atoms with Gasteiger partial charge in [0.15, 0.2) is 9.84 Å². The van der Waals surface area contributed by atoms with Gasteiger partial charge in [-0.15, -0.1) is 0 Å². The fourth-order valence-electron chi connectivity index (χ4n) is 3.53. The van der Waals surface area contributed by atoms with Gasteiger partial charge in [0, 0.05) is 31.2 Å². The fraction of sp³-hybridized carbons (Fsp3) is 0.562. The van der Waals surface area contributed by atoms with Crippen molar-refractivity contribution in [2.45, 2.75) is 18.1 Å². The summed E-state index contributed by atoms with van der Waals surface area (Å²) in [4.78, 5) is 14.0. The summed E-state index contributed by atoms with van der Waals surface area (Å²) in [6, 6.07) is 6.11. The standard InChI is InChI=1S/C16H21NO5S/c1-2-22-9-13-6-7-23(20,21)16(13)10-17(11-16)15(19)12-4-3-5-14(18)8-12/h3-5,8,13,18H,2,6-7,9-11H2,1H3/t13-/m0/s1. The largest absolute Gasteiger partial charge is 0.508 e. The maximum absolute atomic E-state index is 12.5. The molecule has 3 rings (SSSR count). The van der Waals surface area contributed by atoms with Gasteiger partial charge in [-0.25, -0.2) is 8.42 Å². The Kier molecular flexibility index (Phi) is 4.10. The lowest BCUT2D eigenvalue weighted by Crippen LogP contribution is -2.68. The van der Waals surface area contributed by atoms with Crippen molar-refractivity contribution in [1.29, 1.82) is 0 Å². The second-order valence-corrected chi connectivity index (χ2v) is 8.69. The number of amides is 1. The van der Waals surface area contributed by atoms with Crippen LogP contribution in [0.25, 0.3) is 0 Å². The molecule has 126 valence electrons. The Hall–Kier alpha value is -1.60. The van der Waals surface area contributed by atoms with Gasteiger partial charge in [-0.3, -0.25) is 4.79 Å². The minimum absolute atomic E-state index is 0.0220. The number of nitrogens with zero attached hydrogens (tertiary/aromatic N) is 1. The molecule has 0 radical (unpaired) electrons. The summed E-state index contributed by atoms with van der Waals surface area (Å²) in [6.07, 6.45) is 0.594. The molecule has 0 aromatic heterocycles. The van der Waals surface area contributed by atoms with Gasteiger partial charge in [0.05, 0.1) is 12.4 Å². The third-order valence-electron chi connectivity index (χ3n) is 4.92. The van der Waals surface area contributed by atoms with Crippen molar-refractivity contribution in [2.75, 3.05) is 32.1 Å². The summed E-state index contributed by atoms with van der Waals surface area (Å²) in [5.41, 5.74) is 0.372. The molecular weight excluding hydrogens is 318 g/mol. The first-order valence-electron chi connectivity index (χ1n) is 7.78. The van der Waals surface area contributed by atoms with Crippen LogP contribution in [0.2, 0.25) is 0 Å². The normalized spacial score (nSPS) is 24.6. The van der Waals surface area contributed by atoms with Crippen LogP contribution in [0.5, 0.6) is 5.75 Å². The van der Waals surface area contributed by atoms with Crippen LogP contribution in [0.3, 0.4) is 0 Å². The summed E-state index contributed by atoms with van der Waals surface area (Å²) in [6.45, 7) is 3.28. The van der Waals surface area contributed by atoms with E-state index in [2.05, 4.69) is 0 Å². The van der Waals surface area contributed by atoms with E-state index in [4.69, 9.17) is 4.74 Å². The molecule has 2 heterocycles. The van der Waals surface area contributed by atoms with Crippen LogP contribution in [0.4, 0.5) is 0 Å². The SMILES string of the molecule is CCOC[C@@H]1CCS(=O)(=O)C12CN(C(=O)c1cccc(O)c1)C2. The third kappa shape index (κ3) is 2.61. The second-order valence-electron chi connectivity index (χ2n) is 6.24. The number of carbonyl (C=O) groups excluding carboxylic acids is 1. The lowest BCUT2D eigenvalue weighted by molar-refractivity contribution is 0.0270. The van der Waals surface area contributed by atoms with Crippen LogP contribution >= 0.6 is 0 Å². The Morgan fingerprint density at radius 1 is 1.43 bits per heavy atom. The van der Waals surface area contributed by atoms with Crippen molar-refractivity contribution in [2.24, 2.45) is 5.92 Å². The molecule has 23 heavy (non-hydrogen) atoms. The molecular formula is C16H21NO5S. The van der Waals surface area contributed by atoms with E-state index in [1.807, 2.05) is 6.92 Å². The molecule has 7 heteroatoms. The van der Waals surface area contributed by atoms with E-state index in [0.717, 1.165) is 0 Å². The number of phenols is 1. The third-order valence-corrected chi connectivity index (χ3v) is 7.52. The van der Waals surface area contributed by atoms with E-state index in [0.29, 0.717) is 25.2 Å². The molecule has 6 nitrogen and oxygen atoms in total. The molecule has 2 aliphatic heterocycles. The molecule has 1 aromatic rings. The molecule has 0 saturated carbocycles. The van der Waals surface area contributed by atoms with Gasteiger partial charge in [-0.05, 0) is 31.5 Å². The number of hydrogen-bond donors (Lipinski definition) is 1. The summed E-state index contributed by atoms with van der Waals surface area (Å²) in [5, 5.41) is 9.48. The maximum atomic E-state index is 12.5. The number of aromatic hydroxyl groups is 1. The molecule has 1 atom stereocenters. The number of benzene rings is 1. The minimum Gasteiger partial charge on any atom is -0.508 e. The van der Waals surface area contributed by atoms with Crippen LogP contribution in [-0.2, 0) is 14.6 Å². The Labute approximate surface area is 136 Å². The maximum Gasteiger partial charge on any atom is 0.254 e. The zero-order chi connectivity index (χ0) is 16.7. The predicted octanol–water partition coefficient (Wildman–Crippen LogP) is 1.06. The van der Waals surface area contributed by atoms with Crippen molar-refractivity contribution < 1.29 is 23.1 Å². The highest BCUT2D eigenvalue weighted by Gasteiger charge is 2.62. The minimum atomic E-state index is -3.21. The highest BCUT2D eigenvalue weighted by atomic mass is 32.2. The smallest absolute Gasteiger partial charge is 0.254 e. The van der Waals surface area contributed by atoms with Gasteiger partial charge in [-0.1, -0.05) is 6.07 Å². The molecule has 2 saturated heterocycles. The van der Waals surface area contributed by atoms with E-state index < -0.39 is 14.6 Å². The van der Waals surface area contributed by atoms with E-state index >= 15 is 0 Å². The Morgan fingerprint density at radius 2 is 2.17 bits per heavy atom. The first kappa shape index (κ1) is 16.3. The average Bonchev–Trinajstić information content (AvgIpc) is 2.73. The molecule has 2 fully saturated rings. The van der Waals surface area contributed by atoms with Crippen LogP contribution in [0, 0.1) is 5.92 Å².